The van der Waals surface area contributed by atoms with E-state index in [-0.39, 0.29) is 29.0 Å². The van der Waals surface area contributed by atoms with Gasteiger partial charge in [-0.15, -0.1) is 0 Å². The molecule has 0 bridgehead atoms. The van der Waals surface area contributed by atoms with Crippen molar-refractivity contribution < 1.29 is 17.6 Å². The van der Waals surface area contributed by atoms with E-state index >= 15 is 0 Å². The zero-order chi connectivity index (χ0) is 17.6. The van der Waals surface area contributed by atoms with Crippen molar-refractivity contribution in [1.29, 1.82) is 0 Å². The van der Waals surface area contributed by atoms with E-state index in [9.17, 15) is 17.6 Å². The number of nitrogens with one attached hydrogen (secondary N) is 1. The highest BCUT2D eigenvalue weighted by atomic mass is 32.2. The van der Waals surface area contributed by atoms with Crippen LogP contribution >= 0.6 is 0 Å². The molecule has 0 unspecified atom stereocenters. The number of amides is 1. The second-order valence-corrected chi connectivity index (χ2v) is 7.49. The van der Waals surface area contributed by atoms with Crippen molar-refractivity contribution in [1.82, 2.24) is 5.32 Å². The molecular weight excluding hydrogens is 329 g/mol. The quantitative estimate of drug-likeness (QED) is 0.836. The summed E-state index contributed by atoms with van der Waals surface area (Å²) in [5.41, 5.74) is 0.884. The van der Waals surface area contributed by atoms with Gasteiger partial charge < -0.3 is 5.32 Å². The van der Waals surface area contributed by atoms with Crippen LogP contribution in [0.5, 0.6) is 0 Å². The average molecular weight is 349 g/mol. The second kappa shape index (κ2) is 8.06. The highest BCUT2D eigenvalue weighted by Gasteiger charge is 2.21. The number of halogens is 1. The fourth-order valence-corrected chi connectivity index (χ4v) is 3.74. The second-order valence-electron chi connectivity index (χ2n) is 5.41. The van der Waals surface area contributed by atoms with Crippen molar-refractivity contribution in [2.45, 2.75) is 24.2 Å². The lowest BCUT2D eigenvalue weighted by atomic mass is 9.96. The molecule has 1 N–H and O–H groups in total. The van der Waals surface area contributed by atoms with E-state index in [2.05, 4.69) is 5.32 Å². The number of benzene rings is 2. The van der Waals surface area contributed by atoms with E-state index in [0.29, 0.717) is 6.42 Å². The molecule has 1 atom stereocenters. The van der Waals surface area contributed by atoms with Crippen LogP contribution in [0, 0.1) is 5.82 Å². The molecule has 0 fully saturated rings. The lowest BCUT2D eigenvalue weighted by molar-refractivity contribution is -0.122. The molecule has 4 nitrogen and oxygen atoms in total. The van der Waals surface area contributed by atoms with Gasteiger partial charge in [-0.05, 0) is 24.1 Å². The van der Waals surface area contributed by atoms with E-state index in [1.54, 1.807) is 0 Å². The molecular formula is C18H20FNO3S. The molecule has 0 radical (unpaired) electrons. The third kappa shape index (κ3) is 4.41. The maximum Gasteiger partial charge on any atom is 0.227 e. The highest BCUT2D eigenvalue weighted by molar-refractivity contribution is 7.91. The van der Waals surface area contributed by atoms with Gasteiger partial charge in [-0.3, -0.25) is 4.79 Å². The summed E-state index contributed by atoms with van der Waals surface area (Å²) in [4.78, 5) is 11.9. The van der Waals surface area contributed by atoms with Crippen molar-refractivity contribution in [3.63, 3.8) is 0 Å². The van der Waals surface area contributed by atoms with Gasteiger partial charge >= 0.3 is 0 Å². The number of sulfone groups is 1. The van der Waals surface area contributed by atoms with Gasteiger partial charge in [0, 0.05) is 6.54 Å². The molecule has 0 heterocycles. The minimum absolute atomic E-state index is 0.0567. The van der Waals surface area contributed by atoms with E-state index in [1.807, 2.05) is 37.3 Å². The zero-order valence-electron chi connectivity index (χ0n) is 13.4. The van der Waals surface area contributed by atoms with Gasteiger partial charge in [-0.1, -0.05) is 49.4 Å². The van der Waals surface area contributed by atoms with Crippen molar-refractivity contribution in [2.24, 2.45) is 0 Å². The first-order valence-corrected chi connectivity index (χ1v) is 9.41. The molecule has 0 aliphatic rings. The number of carbonyl (C=O) groups is 1. The Morgan fingerprint density at radius 3 is 2.33 bits per heavy atom. The lowest BCUT2D eigenvalue weighted by Gasteiger charge is -2.15. The Labute approximate surface area is 141 Å². The molecule has 128 valence electrons. The Bertz CT molecular complexity index is 791. The summed E-state index contributed by atoms with van der Waals surface area (Å²) in [7, 11) is -3.77. The Hall–Kier alpha value is -2.21. The Balaban J connectivity index is 1.98. The van der Waals surface area contributed by atoms with Crippen molar-refractivity contribution in [3.05, 3.63) is 66.0 Å². The van der Waals surface area contributed by atoms with Gasteiger partial charge in [0.1, 0.15) is 10.7 Å². The highest BCUT2D eigenvalue weighted by Crippen LogP contribution is 2.19. The fourth-order valence-electron chi connectivity index (χ4n) is 2.50. The summed E-state index contributed by atoms with van der Waals surface area (Å²) in [6.07, 6.45) is 0.607. The fraction of sp³-hybridized carbons (Fsp3) is 0.278. The third-order valence-corrected chi connectivity index (χ3v) is 5.51. The normalized spacial score (nSPS) is 12.6. The maximum atomic E-state index is 13.6. The molecule has 0 aliphatic carbocycles. The van der Waals surface area contributed by atoms with Gasteiger partial charge in [-0.2, -0.15) is 0 Å². The first-order valence-electron chi connectivity index (χ1n) is 7.75. The number of hydrogen-bond donors (Lipinski definition) is 1. The minimum Gasteiger partial charge on any atom is -0.355 e. The van der Waals surface area contributed by atoms with Crippen LogP contribution in [0.15, 0.2) is 59.5 Å². The maximum absolute atomic E-state index is 13.6. The van der Waals surface area contributed by atoms with Gasteiger partial charge in [0.25, 0.3) is 0 Å². The molecule has 0 aliphatic heterocycles. The van der Waals surface area contributed by atoms with Crippen molar-refractivity contribution >= 4 is 15.7 Å². The summed E-state index contributed by atoms with van der Waals surface area (Å²) in [5.74, 6) is -1.68. The molecule has 0 saturated heterocycles. The van der Waals surface area contributed by atoms with Crippen molar-refractivity contribution in [3.8, 4) is 0 Å². The molecule has 24 heavy (non-hydrogen) atoms. The van der Waals surface area contributed by atoms with Crippen LogP contribution in [-0.4, -0.2) is 26.6 Å². The van der Waals surface area contributed by atoms with E-state index in [1.165, 1.54) is 18.2 Å². The summed E-state index contributed by atoms with van der Waals surface area (Å²) in [6, 6.07) is 14.5. The van der Waals surface area contributed by atoms with Crippen LogP contribution in [0.25, 0.3) is 0 Å². The monoisotopic (exact) mass is 349 g/mol. The van der Waals surface area contributed by atoms with E-state index in [4.69, 9.17) is 0 Å². The molecule has 2 aromatic rings. The lowest BCUT2D eigenvalue weighted by Crippen LogP contribution is -2.33. The van der Waals surface area contributed by atoms with Crippen LogP contribution in [0.3, 0.4) is 0 Å². The van der Waals surface area contributed by atoms with Gasteiger partial charge in [0.05, 0.1) is 11.7 Å². The van der Waals surface area contributed by atoms with E-state index < -0.39 is 15.7 Å². The molecule has 6 heteroatoms. The number of carbonyl (C=O) groups excluding carboxylic acids is 1. The predicted octanol–water partition coefficient (Wildman–Crippen LogP) is 2.91. The van der Waals surface area contributed by atoms with Crippen molar-refractivity contribution in [2.75, 3.05) is 12.3 Å². The Morgan fingerprint density at radius 1 is 1.08 bits per heavy atom. The topological polar surface area (TPSA) is 63.2 Å². The molecule has 2 aromatic carbocycles. The summed E-state index contributed by atoms with van der Waals surface area (Å²) in [6.45, 7) is 1.84. The summed E-state index contributed by atoms with van der Waals surface area (Å²) >= 11 is 0. The Morgan fingerprint density at radius 2 is 1.71 bits per heavy atom. The first-order chi connectivity index (χ1) is 11.5. The number of hydrogen-bond acceptors (Lipinski definition) is 3. The van der Waals surface area contributed by atoms with Gasteiger partial charge in [0.2, 0.25) is 5.91 Å². The van der Waals surface area contributed by atoms with E-state index in [0.717, 1.165) is 11.6 Å². The molecule has 0 saturated carbocycles. The zero-order valence-corrected chi connectivity index (χ0v) is 14.2. The van der Waals surface area contributed by atoms with Crippen LogP contribution in [-0.2, 0) is 14.6 Å². The standard InChI is InChI=1S/C18H20FNO3S/c1-2-15(14-8-4-3-5-9-14)18(21)20-12-13-24(22,23)17-11-7-6-10-16(17)19/h3-11,15H,2,12-13H2,1H3,(H,20,21)/t15-/m1/s1. The molecule has 2 rings (SSSR count). The molecule has 0 spiro atoms. The third-order valence-electron chi connectivity index (χ3n) is 3.77. The SMILES string of the molecule is CC[C@@H](C(=O)NCCS(=O)(=O)c1ccccc1F)c1ccccc1. The summed E-state index contributed by atoms with van der Waals surface area (Å²) < 4.78 is 37.9. The van der Waals surface area contributed by atoms with Crippen LogP contribution < -0.4 is 5.32 Å². The van der Waals surface area contributed by atoms with Crippen LogP contribution in [0.4, 0.5) is 4.39 Å². The van der Waals surface area contributed by atoms with Crippen LogP contribution in [0.1, 0.15) is 24.8 Å². The van der Waals surface area contributed by atoms with Gasteiger partial charge in [-0.25, -0.2) is 12.8 Å². The first kappa shape index (κ1) is 18.1. The average Bonchev–Trinajstić information content (AvgIpc) is 2.56. The molecule has 0 aromatic heterocycles. The predicted molar refractivity (Wildman–Crippen MR) is 90.9 cm³/mol. The minimum atomic E-state index is -3.77. The largest absolute Gasteiger partial charge is 0.355 e. The van der Waals surface area contributed by atoms with Gasteiger partial charge in [0.15, 0.2) is 9.84 Å². The Kier molecular flexibility index (Phi) is 6.09. The number of rotatable bonds is 7. The summed E-state index contributed by atoms with van der Waals surface area (Å²) in [5, 5.41) is 2.64. The smallest absolute Gasteiger partial charge is 0.227 e. The van der Waals surface area contributed by atoms with Crippen LogP contribution in [0.2, 0.25) is 0 Å². The molecule has 1 amide bonds.